The van der Waals surface area contributed by atoms with Gasteiger partial charge in [-0.05, 0) is 36.7 Å². The molecule has 2 aliphatic heterocycles. The van der Waals surface area contributed by atoms with Crippen LogP contribution in [0.1, 0.15) is 5.56 Å². The minimum Gasteiger partial charge on any atom is -0.518 e. The average molecular weight is 595 g/mol. The van der Waals surface area contributed by atoms with Gasteiger partial charge >= 0.3 is 31.1 Å². The molecule has 0 fully saturated rings. The third-order valence-electron chi connectivity index (χ3n) is 5.62. The van der Waals surface area contributed by atoms with Crippen LogP contribution in [0.25, 0.3) is 0 Å². The van der Waals surface area contributed by atoms with Gasteiger partial charge in [0.05, 0.1) is 0 Å². The van der Waals surface area contributed by atoms with E-state index in [2.05, 4.69) is 78.6 Å². The van der Waals surface area contributed by atoms with Crippen molar-refractivity contribution >= 4 is 40.2 Å². The summed E-state index contributed by atoms with van der Waals surface area (Å²) in [7, 11) is 0. The molecule has 2 nitrogen and oxygen atoms in total. The Morgan fingerprint density at radius 1 is 0.759 bits per heavy atom. The summed E-state index contributed by atoms with van der Waals surface area (Å²) in [5.74, 6) is 1.79. The number of benzene rings is 4. The molecular weight excluding hydrogens is 579 g/mol. The van der Waals surface area contributed by atoms with E-state index < -0.39 is 0 Å². The normalized spacial score (nSPS) is 12.9. The van der Waals surface area contributed by atoms with Gasteiger partial charge in [0.25, 0.3) is 0 Å². The van der Waals surface area contributed by atoms with Crippen molar-refractivity contribution in [2.75, 3.05) is 4.90 Å². The summed E-state index contributed by atoms with van der Waals surface area (Å²) < 4.78 is 6.27. The SMILES string of the molecule is Cc1ccc(N2c3ccc[c-]c3B3c4[c-]cccc4Oc4cccc2c43)cc1.[U+2]. The van der Waals surface area contributed by atoms with Gasteiger partial charge in [-0.1, -0.05) is 29.4 Å². The Morgan fingerprint density at radius 3 is 2.28 bits per heavy atom. The fraction of sp³-hybridized carbons (Fsp3) is 0.0400. The molecule has 0 unspecified atom stereocenters. The van der Waals surface area contributed by atoms with Crippen LogP contribution < -0.4 is 26.0 Å². The minimum absolute atomic E-state index is 0. The van der Waals surface area contributed by atoms with E-state index in [1.807, 2.05) is 24.3 Å². The molecule has 0 saturated carbocycles. The van der Waals surface area contributed by atoms with Crippen LogP contribution in [-0.2, 0) is 0 Å². The van der Waals surface area contributed by atoms with Gasteiger partial charge in [0, 0.05) is 17.1 Å². The molecule has 134 valence electrons. The molecule has 0 radical (unpaired) electrons. The van der Waals surface area contributed by atoms with Crippen LogP contribution in [-0.4, -0.2) is 6.71 Å². The Kier molecular flexibility index (Phi) is 4.58. The second kappa shape index (κ2) is 7.13. The molecule has 0 atom stereocenters. The standard InChI is InChI=1S/C25H16BNO.U/c1-17-13-15-18(16-14-17)27-21-9-4-2-7-19(21)26-20-8-3-5-11-23(20)28-24-12-6-10-22(27)25(24)26;/h2-6,9-16H,1H3;/q-2;+2. The number of fused-ring (bicyclic) bond motifs is 4. The molecule has 2 heterocycles. The van der Waals surface area contributed by atoms with Crippen LogP contribution in [0.15, 0.2) is 78.9 Å². The fourth-order valence-electron chi connectivity index (χ4n) is 4.38. The molecule has 0 saturated heterocycles. The molecule has 0 spiro atoms. The van der Waals surface area contributed by atoms with E-state index in [0.29, 0.717) is 0 Å². The van der Waals surface area contributed by atoms with Gasteiger partial charge in [-0.15, -0.1) is 17.6 Å². The molecule has 29 heavy (non-hydrogen) atoms. The van der Waals surface area contributed by atoms with Gasteiger partial charge in [-0.25, -0.2) is 0 Å². The summed E-state index contributed by atoms with van der Waals surface area (Å²) in [4.78, 5) is 2.32. The topological polar surface area (TPSA) is 12.5 Å². The summed E-state index contributed by atoms with van der Waals surface area (Å²) in [5, 5.41) is 0. The Hall–Kier alpha value is -2.40. The average Bonchev–Trinajstić information content (AvgIpc) is 2.74. The molecule has 4 aromatic rings. The largest absolute Gasteiger partial charge is 2.00 e. The summed E-state index contributed by atoms with van der Waals surface area (Å²) >= 11 is 0. The second-order valence-corrected chi connectivity index (χ2v) is 7.31. The molecule has 4 aromatic carbocycles. The van der Waals surface area contributed by atoms with E-state index in [4.69, 9.17) is 4.74 Å². The van der Waals surface area contributed by atoms with E-state index in [0.717, 1.165) is 39.5 Å². The van der Waals surface area contributed by atoms with E-state index >= 15 is 0 Å². The quantitative estimate of drug-likeness (QED) is 0.211. The molecule has 2 aliphatic rings. The van der Waals surface area contributed by atoms with E-state index in [9.17, 15) is 0 Å². The van der Waals surface area contributed by atoms with Gasteiger partial charge in [0.1, 0.15) is 5.75 Å². The van der Waals surface area contributed by atoms with Crippen molar-refractivity contribution in [1.29, 1.82) is 0 Å². The zero-order valence-electron chi connectivity index (χ0n) is 15.9. The zero-order valence-corrected chi connectivity index (χ0v) is 20.1. The third kappa shape index (κ3) is 2.78. The van der Waals surface area contributed by atoms with Crippen LogP contribution in [0.3, 0.4) is 0 Å². The number of nitrogens with zero attached hydrogens (tertiary/aromatic N) is 1. The fourth-order valence-corrected chi connectivity index (χ4v) is 4.38. The van der Waals surface area contributed by atoms with Crippen molar-refractivity contribution < 1.29 is 35.9 Å². The molecule has 4 heteroatoms. The summed E-state index contributed by atoms with van der Waals surface area (Å²) in [6.07, 6.45) is 0. The number of ether oxygens (including phenoxy) is 1. The Bertz CT molecular complexity index is 1220. The predicted octanol–water partition coefficient (Wildman–Crippen LogP) is 4.00. The zero-order chi connectivity index (χ0) is 18.7. The number of rotatable bonds is 1. The summed E-state index contributed by atoms with van der Waals surface area (Å²) in [6.45, 7) is 2.19. The van der Waals surface area contributed by atoms with E-state index in [-0.39, 0.29) is 37.8 Å². The van der Waals surface area contributed by atoms with Crippen LogP contribution in [0.4, 0.5) is 17.1 Å². The summed E-state index contributed by atoms with van der Waals surface area (Å²) in [5.41, 5.74) is 8.13. The first-order chi connectivity index (χ1) is 13.8. The number of hydrogen-bond donors (Lipinski definition) is 0. The first-order valence-corrected chi connectivity index (χ1v) is 9.50. The Morgan fingerprint density at radius 2 is 1.45 bits per heavy atom. The predicted molar refractivity (Wildman–Crippen MR) is 115 cm³/mol. The smallest absolute Gasteiger partial charge is 0.518 e. The molecule has 6 rings (SSSR count). The van der Waals surface area contributed by atoms with Crippen molar-refractivity contribution in [1.82, 2.24) is 0 Å². The maximum absolute atomic E-state index is 6.27. The van der Waals surface area contributed by atoms with Crippen LogP contribution >= 0.6 is 0 Å². The van der Waals surface area contributed by atoms with Gasteiger partial charge in [0.2, 0.25) is 6.71 Å². The molecule has 0 amide bonds. The maximum Gasteiger partial charge on any atom is 2.00 e. The Balaban J connectivity index is 0.00000181. The molecule has 0 bridgehead atoms. The maximum atomic E-state index is 6.27. The third-order valence-corrected chi connectivity index (χ3v) is 5.62. The molecular formula is C25H16BNOU. The number of hydrogen-bond acceptors (Lipinski definition) is 2. The van der Waals surface area contributed by atoms with Crippen LogP contribution in [0, 0.1) is 50.2 Å². The van der Waals surface area contributed by atoms with Gasteiger partial charge in [0.15, 0.2) is 0 Å². The number of anilines is 3. The van der Waals surface area contributed by atoms with E-state index in [1.165, 1.54) is 11.0 Å². The van der Waals surface area contributed by atoms with Gasteiger partial charge in [-0.2, -0.15) is 41.9 Å². The van der Waals surface area contributed by atoms with Gasteiger partial charge in [-0.3, -0.25) is 0 Å². The second-order valence-electron chi connectivity index (χ2n) is 7.31. The first kappa shape index (κ1) is 18.6. The molecule has 0 aliphatic carbocycles. The Labute approximate surface area is 195 Å². The first-order valence-electron chi connectivity index (χ1n) is 9.50. The van der Waals surface area contributed by atoms with Crippen molar-refractivity contribution in [3.05, 3.63) is 96.6 Å². The van der Waals surface area contributed by atoms with Crippen molar-refractivity contribution in [2.24, 2.45) is 0 Å². The van der Waals surface area contributed by atoms with Crippen molar-refractivity contribution in [3.63, 3.8) is 0 Å². The number of aryl methyl sites for hydroxylation is 1. The van der Waals surface area contributed by atoms with Gasteiger partial charge < -0.3 is 9.64 Å². The van der Waals surface area contributed by atoms with Crippen LogP contribution in [0.2, 0.25) is 0 Å². The van der Waals surface area contributed by atoms with Crippen LogP contribution in [0.5, 0.6) is 11.5 Å². The molecule has 0 N–H and O–H groups in total. The minimum atomic E-state index is 0. The summed E-state index contributed by atoms with van der Waals surface area (Å²) in [6, 6.07) is 34.1. The monoisotopic (exact) mass is 595 g/mol. The van der Waals surface area contributed by atoms with Crippen molar-refractivity contribution in [3.8, 4) is 11.5 Å². The molecule has 0 aromatic heterocycles. The van der Waals surface area contributed by atoms with E-state index in [1.54, 1.807) is 0 Å². The van der Waals surface area contributed by atoms with Crippen molar-refractivity contribution in [2.45, 2.75) is 6.92 Å².